The molecule has 1 fully saturated rings. The molecule has 3 rings (SSSR count). The topological polar surface area (TPSA) is 55.8 Å². The Kier molecular flexibility index (Phi) is 2.34. The molecule has 0 radical (unpaired) electrons. The molecule has 2 heterocycles. The summed E-state index contributed by atoms with van der Waals surface area (Å²) in [4.78, 5) is 25.3. The average molecular weight is 263 g/mol. The van der Waals surface area contributed by atoms with Crippen molar-refractivity contribution in [2.45, 2.75) is 44.4 Å². The number of likely N-dealkylation sites (tertiary alicyclic amines) is 1. The molecule has 0 unspecified atom stereocenters. The summed E-state index contributed by atoms with van der Waals surface area (Å²) >= 11 is 0. The second-order valence-corrected chi connectivity index (χ2v) is 6.25. The molecule has 0 aromatic rings. The molecule has 1 aliphatic carbocycles. The van der Waals surface area contributed by atoms with Crippen LogP contribution in [0.15, 0.2) is 23.8 Å². The lowest BCUT2D eigenvalue weighted by molar-refractivity contribution is -0.145. The maximum atomic E-state index is 12.2. The predicted octanol–water partition coefficient (Wildman–Crippen LogP) is 1.79. The quantitative estimate of drug-likeness (QED) is 0.625. The Morgan fingerprint density at radius 1 is 1.53 bits per heavy atom. The maximum absolute atomic E-state index is 12.2. The van der Waals surface area contributed by atoms with Crippen LogP contribution in [0.2, 0.25) is 0 Å². The van der Waals surface area contributed by atoms with E-state index in [4.69, 9.17) is 9.47 Å². The number of rotatable bonds is 0. The Morgan fingerprint density at radius 2 is 2.26 bits per heavy atom. The predicted molar refractivity (Wildman–Crippen MR) is 67.4 cm³/mol. The van der Waals surface area contributed by atoms with Crippen LogP contribution >= 0.6 is 0 Å². The van der Waals surface area contributed by atoms with Gasteiger partial charge in [-0.2, -0.15) is 0 Å². The second-order valence-electron chi connectivity index (χ2n) is 6.25. The van der Waals surface area contributed by atoms with E-state index >= 15 is 0 Å². The molecule has 2 atom stereocenters. The number of amides is 1. The first kappa shape index (κ1) is 12.3. The number of carbonyl (C=O) groups is 2. The summed E-state index contributed by atoms with van der Waals surface area (Å²) in [6, 6.07) is -0.0575. The van der Waals surface area contributed by atoms with Crippen LogP contribution in [0.5, 0.6) is 0 Å². The van der Waals surface area contributed by atoms with Gasteiger partial charge in [-0.05, 0) is 20.8 Å². The molecule has 1 amide bonds. The highest BCUT2D eigenvalue weighted by Crippen LogP contribution is 2.44. The Morgan fingerprint density at radius 3 is 2.95 bits per heavy atom. The highest BCUT2D eigenvalue weighted by molar-refractivity contribution is 5.88. The Hall–Kier alpha value is -1.78. The van der Waals surface area contributed by atoms with Gasteiger partial charge in [0, 0.05) is 18.1 Å². The largest absolute Gasteiger partial charge is 0.449 e. The minimum Gasteiger partial charge on any atom is -0.449 e. The smallest absolute Gasteiger partial charge is 0.410 e. The fourth-order valence-corrected chi connectivity index (χ4v) is 2.83. The second kappa shape index (κ2) is 3.62. The molecule has 0 N–H and O–H groups in total. The van der Waals surface area contributed by atoms with E-state index in [1.165, 1.54) is 6.08 Å². The van der Waals surface area contributed by atoms with Crippen LogP contribution in [0.3, 0.4) is 0 Å². The number of ether oxygens (including phenoxy) is 2. The lowest BCUT2D eigenvalue weighted by Gasteiger charge is -2.27. The van der Waals surface area contributed by atoms with Crippen molar-refractivity contribution in [1.82, 2.24) is 4.90 Å². The van der Waals surface area contributed by atoms with Crippen LogP contribution in [-0.2, 0) is 14.3 Å². The summed E-state index contributed by atoms with van der Waals surface area (Å²) in [5.74, 6) is -0.327. The summed E-state index contributed by atoms with van der Waals surface area (Å²) in [6.07, 6.45) is 5.58. The molecule has 1 spiro atoms. The first-order valence-electron chi connectivity index (χ1n) is 6.42. The molecule has 102 valence electrons. The molecule has 19 heavy (non-hydrogen) atoms. The zero-order valence-electron chi connectivity index (χ0n) is 11.3. The number of fused-ring (bicyclic) bond motifs is 1. The Labute approximate surface area is 111 Å². The lowest BCUT2D eigenvalue weighted by Crippen LogP contribution is -2.40. The fraction of sp³-hybridized carbons (Fsp3) is 0.571. The van der Waals surface area contributed by atoms with Gasteiger partial charge in [-0.1, -0.05) is 12.2 Å². The van der Waals surface area contributed by atoms with E-state index in [9.17, 15) is 9.59 Å². The van der Waals surface area contributed by atoms with Crippen molar-refractivity contribution < 1.29 is 19.1 Å². The van der Waals surface area contributed by atoms with Crippen LogP contribution < -0.4 is 0 Å². The number of esters is 1. The molecule has 5 heteroatoms. The van der Waals surface area contributed by atoms with Crippen LogP contribution in [0.25, 0.3) is 0 Å². The lowest BCUT2D eigenvalue weighted by atomic mass is 9.87. The summed E-state index contributed by atoms with van der Waals surface area (Å²) in [7, 11) is 0. The van der Waals surface area contributed by atoms with Gasteiger partial charge in [0.25, 0.3) is 0 Å². The van der Waals surface area contributed by atoms with Gasteiger partial charge in [0.15, 0.2) is 5.60 Å². The highest BCUT2D eigenvalue weighted by atomic mass is 16.6. The maximum Gasteiger partial charge on any atom is 0.410 e. The normalized spacial score (nSPS) is 31.9. The Bertz CT molecular complexity index is 514. The van der Waals surface area contributed by atoms with Crippen LogP contribution in [0, 0.1) is 0 Å². The van der Waals surface area contributed by atoms with E-state index in [0.717, 1.165) is 5.57 Å². The Balaban J connectivity index is 1.83. The molecule has 5 nitrogen and oxygen atoms in total. The van der Waals surface area contributed by atoms with Gasteiger partial charge in [0.2, 0.25) is 0 Å². The standard InChI is InChI=1S/C14H17NO4/c1-13(2,3)19-12(17)15-8-14-7-10(15)5-4-9(14)6-11(16)18-14/h4-6,10H,7-8H2,1-3H3/t10-,14-/m1/s1. The van der Waals surface area contributed by atoms with Gasteiger partial charge in [-0.15, -0.1) is 0 Å². The first-order valence-corrected chi connectivity index (χ1v) is 6.42. The van der Waals surface area contributed by atoms with Crippen molar-refractivity contribution in [2.24, 2.45) is 0 Å². The van der Waals surface area contributed by atoms with E-state index in [-0.39, 0.29) is 18.1 Å². The summed E-state index contributed by atoms with van der Waals surface area (Å²) in [5.41, 5.74) is -0.312. The van der Waals surface area contributed by atoms with Crippen molar-refractivity contribution in [1.29, 1.82) is 0 Å². The number of hydrogen-bond acceptors (Lipinski definition) is 4. The van der Waals surface area contributed by atoms with Crippen molar-refractivity contribution in [3.63, 3.8) is 0 Å². The zero-order chi connectivity index (χ0) is 13.8. The number of nitrogens with zero attached hydrogens (tertiary/aromatic N) is 1. The summed E-state index contributed by atoms with van der Waals surface area (Å²) in [6.45, 7) is 5.88. The first-order chi connectivity index (χ1) is 8.79. The summed E-state index contributed by atoms with van der Waals surface area (Å²) < 4.78 is 10.8. The molecular weight excluding hydrogens is 246 g/mol. The monoisotopic (exact) mass is 263 g/mol. The van der Waals surface area contributed by atoms with Crippen molar-refractivity contribution >= 4 is 12.1 Å². The van der Waals surface area contributed by atoms with Gasteiger partial charge in [-0.3, -0.25) is 4.90 Å². The van der Waals surface area contributed by atoms with Crippen molar-refractivity contribution in [3.05, 3.63) is 23.8 Å². The van der Waals surface area contributed by atoms with Crippen LogP contribution in [-0.4, -0.2) is 40.8 Å². The minimum absolute atomic E-state index is 0.0575. The van der Waals surface area contributed by atoms with Crippen LogP contribution in [0.1, 0.15) is 27.2 Å². The number of carbonyl (C=O) groups excluding carboxylic acids is 2. The molecule has 0 aromatic carbocycles. The molecule has 2 aliphatic heterocycles. The van der Waals surface area contributed by atoms with E-state index in [1.807, 2.05) is 32.9 Å². The van der Waals surface area contributed by atoms with E-state index in [1.54, 1.807) is 4.90 Å². The van der Waals surface area contributed by atoms with Crippen molar-refractivity contribution in [3.8, 4) is 0 Å². The average Bonchev–Trinajstić information content (AvgIpc) is 2.73. The third-order valence-corrected chi connectivity index (χ3v) is 3.59. The van der Waals surface area contributed by atoms with E-state index < -0.39 is 11.2 Å². The van der Waals surface area contributed by atoms with Crippen molar-refractivity contribution in [2.75, 3.05) is 6.54 Å². The fourth-order valence-electron chi connectivity index (χ4n) is 2.83. The highest BCUT2D eigenvalue weighted by Gasteiger charge is 2.55. The van der Waals surface area contributed by atoms with Gasteiger partial charge < -0.3 is 9.47 Å². The zero-order valence-corrected chi connectivity index (χ0v) is 11.3. The molecule has 0 saturated carbocycles. The molecular formula is C14H17NO4. The summed E-state index contributed by atoms with van der Waals surface area (Å²) in [5, 5.41) is 0. The minimum atomic E-state index is -0.645. The molecule has 3 aliphatic rings. The SMILES string of the molecule is CC(C)(C)OC(=O)N1C[C@]23C[C@H]1C=CC2=CC(=O)O3. The van der Waals surface area contributed by atoms with Gasteiger partial charge >= 0.3 is 12.1 Å². The van der Waals surface area contributed by atoms with Crippen LogP contribution in [0.4, 0.5) is 4.79 Å². The third kappa shape index (κ3) is 1.93. The molecule has 2 bridgehead atoms. The molecule has 0 aromatic heterocycles. The molecule has 1 saturated heterocycles. The van der Waals surface area contributed by atoms with E-state index in [2.05, 4.69) is 0 Å². The van der Waals surface area contributed by atoms with Gasteiger partial charge in [0.1, 0.15) is 5.60 Å². The van der Waals surface area contributed by atoms with E-state index in [0.29, 0.717) is 13.0 Å². The van der Waals surface area contributed by atoms with Gasteiger partial charge in [-0.25, -0.2) is 9.59 Å². The van der Waals surface area contributed by atoms with Gasteiger partial charge in [0.05, 0.1) is 12.6 Å². The third-order valence-electron chi connectivity index (χ3n) is 3.59. The number of hydrogen-bond donors (Lipinski definition) is 0.